The van der Waals surface area contributed by atoms with Gasteiger partial charge in [-0.2, -0.15) is 13.2 Å². The molecule has 0 saturated heterocycles. The van der Waals surface area contributed by atoms with Gasteiger partial charge in [0, 0.05) is 6.54 Å². The summed E-state index contributed by atoms with van der Waals surface area (Å²) in [5.74, 6) is -0.287. The highest BCUT2D eigenvalue weighted by atomic mass is 19.4. The minimum Gasteiger partial charge on any atom is -0.496 e. The molecule has 0 amide bonds. The van der Waals surface area contributed by atoms with Gasteiger partial charge in [0.2, 0.25) is 0 Å². The fourth-order valence-electron chi connectivity index (χ4n) is 1.46. The molecule has 1 atom stereocenters. The molecule has 0 aliphatic heterocycles. The number of rotatable bonds is 4. The Morgan fingerprint density at radius 1 is 1.41 bits per heavy atom. The van der Waals surface area contributed by atoms with Crippen LogP contribution in [0, 0.1) is 0 Å². The van der Waals surface area contributed by atoms with Gasteiger partial charge in [-0.3, -0.25) is 0 Å². The molecule has 0 bridgehead atoms. The highest BCUT2D eigenvalue weighted by molar-refractivity contribution is 5.40. The van der Waals surface area contributed by atoms with Gasteiger partial charge in [0.15, 0.2) is 0 Å². The van der Waals surface area contributed by atoms with Crippen LogP contribution in [-0.4, -0.2) is 25.8 Å². The summed E-state index contributed by atoms with van der Waals surface area (Å²) >= 11 is 0. The third-order valence-corrected chi connectivity index (χ3v) is 2.31. The van der Waals surface area contributed by atoms with E-state index in [1.807, 2.05) is 0 Å². The molecule has 1 aromatic rings. The number of ether oxygens (including phenoxy) is 1. The van der Waals surface area contributed by atoms with Crippen molar-refractivity contribution in [1.29, 1.82) is 0 Å². The first kappa shape index (κ1) is 13.8. The Balaban J connectivity index is 3.09. The van der Waals surface area contributed by atoms with Gasteiger partial charge in [0.25, 0.3) is 0 Å². The minimum atomic E-state index is -4.46. The first-order valence-electron chi connectivity index (χ1n) is 4.98. The van der Waals surface area contributed by atoms with E-state index in [4.69, 9.17) is 0 Å². The van der Waals surface area contributed by atoms with Crippen LogP contribution in [0.4, 0.5) is 13.2 Å². The van der Waals surface area contributed by atoms with Crippen LogP contribution in [0.25, 0.3) is 0 Å². The maximum Gasteiger partial charge on any atom is 0.419 e. The van der Waals surface area contributed by atoms with Crippen molar-refractivity contribution in [1.82, 2.24) is 5.32 Å². The van der Waals surface area contributed by atoms with E-state index in [-0.39, 0.29) is 12.3 Å². The number of alkyl halides is 3. The lowest BCUT2D eigenvalue weighted by Gasteiger charge is -2.15. The Labute approximate surface area is 97.2 Å². The second-order valence-electron chi connectivity index (χ2n) is 3.53. The van der Waals surface area contributed by atoms with Crippen LogP contribution in [0.15, 0.2) is 18.2 Å². The van der Waals surface area contributed by atoms with E-state index in [0.717, 1.165) is 6.07 Å². The zero-order chi connectivity index (χ0) is 13.1. The summed E-state index contributed by atoms with van der Waals surface area (Å²) in [5.41, 5.74) is -0.468. The van der Waals surface area contributed by atoms with E-state index in [1.165, 1.54) is 19.2 Å². The Hall–Kier alpha value is -1.27. The average Bonchev–Trinajstić information content (AvgIpc) is 2.27. The van der Waals surface area contributed by atoms with Crippen LogP contribution in [-0.2, 0) is 6.18 Å². The fraction of sp³-hybridized carbons (Fsp3) is 0.455. The summed E-state index contributed by atoms with van der Waals surface area (Å²) < 4.78 is 42.4. The van der Waals surface area contributed by atoms with Gasteiger partial charge >= 0.3 is 6.18 Å². The zero-order valence-electron chi connectivity index (χ0n) is 9.51. The smallest absolute Gasteiger partial charge is 0.419 e. The topological polar surface area (TPSA) is 41.5 Å². The predicted molar refractivity (Wildman–Crippen MR) is 56.9 cm³/mol. The Morgan fingerprint density at radius 2 is 2.06 bits per heavy atom. The lowest BCUT2D eigenvalue weighted by molar-refractivity contribution is -0.138. The van der Waals surface area contributed by atoms with Crippen LogP contribution < -0.4 is 10.1 Å². The fourth-order valence-corrected chi connectivity index (χ4v) is 1.46. The van der Waals surface area contributed by atoms with Crippen molar-refractivity contribution in [3.8, 4) is 5.75 Å². The number of benzene rings is 1. The number of halogens is 3. The summed E-state index contributed by atoms with van der Waals surface area (Å²) in [4.78, 5) is 0. The van der Waals surface area contributed by atoms with Gasteiger partial charge in [-0.25, -0.2) is 0 Å². The summed E-state index contributed by atoms with van der Waals surface area (Å²) in [6.07, 6.45) is -5.33. The molecule has 0 aliphatic carbocycles. The van der Waals surface area contributed by atoms with Crippen molar-refractivity contribution in [2.45, 2.75) is 12.3 Å². The van der Waals surface area contributed by atoms with E-state index >= 15 is 0 Å². The molecular formula is C11H14F3NO2. The largest absolute Gasteiger partial charge is 0.496 e. The highest BCUT2D eigenvalue weighted by Crippen LogP contribution is 2.37. The first-order valence-corrected chi connectivity index (χ1v) is 4.98. The number of methoxy groups -OCH3 is 1. The van der Waals surface area contributed by atoms with Crippen LogP contribution in [0.1, 0.15) is 17.2 Å². The van der Waals surface area contributed by atoms with Crippen molar-refractivity contribution >= 4 is 0 Å². The molecule has 1 aromatic carbocycles. The predicted octanol–water partition coefficient (Wildman–Crippen LogP) is 1.97. The maximum atomic E-state index is 12.6. The third kappa shape index (κ3) is 3.34. The van der Waals surface area contributed by atoms with Crippen LogP contribution >= 0.6 is 0 Å². The van der Waals surface area contributed by atoms with Crippen LogP contribution in [0.3, 0.4) is 0 Å². The summed E-state index contributed by atoms with van der Waals surface area (Å²) in [6, 6.07) is 3.35. The number of nitrogens with one attached hydrogen (secondary N) is 1. The molecule has 17 heavy (non-hydrogen) atoms. The minimum absolute atomic E-state index is 0.258. The van der Waals surface area contributed by atoms with Crippen molar-refractivity contribution < 1.29 is 23.0 Å². The van der Waals surface area contributed by atoms with Gasteiger partial charge in [0.1, 0.15) is 5.75 Å². The van der Waals surface area contributed by atoms with Crippen molar-refractivity contribution in [3.05, 3.63) is 29.3 Å². The summed E-state index contributed by atoms with van der Waals surface area (Å²) in [5, 5.41) is 12.4. The molecule has 0 fully saturated rings. The molecule has 0 aliphatic rings. The van der Waals surface area contributed by atoms with Gasteiger partial charge in [0.05, 0.1) is 18.8 Å². The van der Waals surface area contributed by atoms with Crippen molar-refractivity contribution in [3.63, 3.8) is 0 Å². The molecule has 0 radical (unpaired) electrons. The first-order chi connectivity index (χ1) is 7.90. The third-order valence-electron chi connectivity index (χ3n) is 2.31. The van der Waals surface area contributed by atoms with E-state index < -0.39 is 17.8 Å². The molecule has 1 unspecified atom stereocenters. The van der Waals surface area contributed by atoms with Gasteiger partial charge in [-0.05, 0) is 24.7 Å². The summed E-state index contributed by atoms with van der Waals surface area (Å²) in [7, 11) is 2.81. The number of hydrogen-bond acceptors (Lipinski definition) is 3. The molecule has 0 spiro atoms. The van der Waals surface area contributed by atoms with E-state index in [1.54, 1.807) is 7.05 Å². The number of aliphatic hydroxyl groups excluding tert-OH is 1. The molecule has 0 saturated carbocycles. The number of hydrogen-bond donors (Lipinski definition) is 2. The monoisotopic (exact) mass is 249 g/mol. The van der Waals surface area contributed by atoms with Gasteiger partial charge < -0.3 is 15.2 Å². The van der Waals surface area contributed by atoms with Crippen LogP contribution in [0.2, 0.25) is 0 Å². The Kier molecular flexibility index (Phi) is 4.36. The molecule has 2 N–H and O–H groups in total. The van der Waals surface area contributed by atoms with Gasteiger partial charge in [-0.1, -0.05) is 6.07 Å². The Bertz CT molecular complexity index is 379. The molecule has 96 valence electrons. The van der Waals surface area contributed by atoms with Crippen LogP contribution in [0.5, 0.6) is 5.75 Å². The quantitative estimate of drug-likeness (QED) is 0.857. The zero-order valence-corrected chi connectivity index (χ0v) is 9.51. The Morgan fingerprint density at radius 3 is 2.53 bits per heavy atom. The highest BCUT2D eigenvalue weighted by Gasteiger charge is 2.34. The molecule has 1 rings (SSSR count). The van der Waals surface area contributed by atoms with E-state index in [0.29, 0.717) is 5.56 Å². The van der Waals surface area contributed by atoms with Gasteiger partial charge in [-0.15, -0.1) is 0 Å². The SMILES string of the molecule is CNCC(O)c1ccc(C(F)(F)F)c(OC)c1. The lowest BCUT2D eigenvalue weighted by Crippen LogP contribution is -2.17. The maximum absolute atomic E-state index is 12.6. The molecule has 0 aromatic heterocycles. The molecular weight excluding hydrogens is 235 g/mol. The lowest BCUT2D eigenvalue weighted by atomic mass is 10.1. The van der Waals surface area contributed by atoms with E-state index in [9.17, 15) is 18.3 Å². The van der Waals surface area contributed by atoms with E-state index in [2.05, 4.69) is 10.1 Å². The van der Waals surface area contributed by atoms with Crippen molar-refractivity contribution in [2.75, 3.05) is 20.7 Å². The number of aliphatic hydroxyl groups is 1. The molecule has 3 nitrogen and oxygen atoms in total. The molecule has 6 heteroatoms. The molecule has 0 heterocycles. The van der Waals surface area contributed by atoms with Crippen molar-refractivity contribution in [2.24, 2.45) is 0 Å². The standard InChI is InChI=1S/C11H14F3NO2/c1-15-6-9(16)7-3-4-8(11(12,13)14)10(5-7)17-2/h3-5,9,15-16H,6H2,1-2H3. The number of likely N-dealkylation sites (N-methyl/N-ethyl adjacent to an activating group) is 1. The average molecular weight is 249 g/mol. The second kappa shape index (κ2) is 5.37. The second-order valence-corrected chi connectivity index (χ2v) is 3.53. The summed E-state index contributed by atoms with van der Waals surface area (Å²) in [6.45, 7) is 0.258. The normalized spacial score (nSPS) is 13.5.